The molecule has 7 nitrogen and oxygen atoms in total. The van der Waals surface area contributed by atoms with Gasteiger partial charge in [-0.25, -0.2) is 4.39 Å². The Bertz CT molecular complexity index is 982. The molecular formula is C20H23F4N5O2. The summed E-state index contributed by atoms with van der Waals surface area (Å²) in [7, 11) is 1.35. The van der Waals surface area contributed by atoms with Crippen LogP contribution in [-0.4, -0.2) is 41.8 Å². The molecule has 2 aromatic rings. The number of carbonyl (C=O) groups is 2. The highest BCUT2D eigenvalue weighted by Gasteiger charge is 2.37. The van der Waals surface area contributed by atoms with Gasteiger partial charge in [-0.3, -0.25) is 19.5 Å². The topological polar surface area (TPSA) is 84.5 Å². The second kappa shape index (κ2) is 8.56. The number of hydrogen-bond donors (Lipinski definition) is 1. The molecular weight excluding hydrogens is 418 g/mol. The van der Waals surface area contributed by atoms with Crippen LogP contribution >= 0.6 is 0 Å². The first-order chi connectivity index (χ1) is 14.5. The average molecular weight is 441 g/mol. The van der Waals surface area contributed by atoms with Crippen molar-refractivity contribution in [3.63, 3.8) is 0 Å². The number of amides is 2. The molecule has 11 heteroatoms. The van der Waals surface area contributed by atoms with Gasteiger partial charge in [-0.1, -0.05) is 6.07 Å². The largest absolute Gasteiger partial charge is 0.435 e. The number of nitrogens with zero attached hydrogens (tertiary/aromatic N) is 4. The van der Waals surface area contributed by atoms with Gasteiger partial charge in [0, 0.05) is 26.2 Å². The van der Waals surface area contributed by atoms with Crippen molar-refractivity contribution >= 4 is 17.6 Å². The number of hydrogen-bond acceptors (Lipinski definition) is 4. The second-order valence-electron chi connectivity index (χ2n) is 7.51. The normalized spacial score (nSPS) is 15.6. The number of nitrogens with two attached hydrogens (primary N) is 1. The molecule has 0 saturated carbocycles. The SMILES string of the molecule is CC(C(=O)N(C)c1cc(C(F)(F)F)nn1N1CCCCC1)c1ccc(C(N)=O)c(F)c1. The van der Waals surface area contributed by atoms with E-state index in [-0.39, 0.29) is 16.9 Å². The fourth-order valence-corrected chi connectivity index (χ4v) is 3.55. The fourth-order valence-electron chi connectivity index (χ4n) is 3.55. The van der Waals surface area contributed by atoms with E-state index in [2.05, 4.69) is 5.10 Å². The highest BCUT2D eigenvalue weighted by atomic mass is 19.4. The van der Waals surface area contributed by atoms with E-state index in [0.29, 0.717) is 13.1 Å². The van der Waals surface area contributed by atoms with E-state index in [9.17, 15) is 27.2 Å². The van der Waals surface area contributed by atoms with Gasteiger partial charge in [-0.15, -0.1) is 5.10 Å². The third-order valence-electron chi connectivity index (χ3n) is 5.37. The summed E-state index contributed by atoms with van der Waals surface area (Å²) >= 11 is 0. The smallest absolute Gasteiger partial charge is 0.366 e. The molecule has 1 aromatic heterocycles. The Labute approximate surface area is 176 Å². The number of primary amides is 1. The number of likely N-dealkylation sites (N-methyl/N-ethyl adjacent to an activating group) is 1. The molecule has 0 aliphatic carbocycles. The van der Waals surface area contributed by atoms with E-state index < -0.39 is 35.4 Å². The second-order valence-corrected chi connectivity index (χ2v) is 7.51. The van der Waals surface area contributed by atoms with Gasteiger partial charge in [0.25, 0.3) is 5.91 Å². The average Bonchev–Trinajstić information content (AvgIpc) is 3.18. The first-order valence-corrected chi connectivity index (χ1v) is 9.80. The third kappa shape index (κ3) is 4.64. The number of alkyl halides is 3. The van der Waals surface area contributed by atoms with Crippen molar-refractivity contribution in [2.24, 2.45) is 5.73 Å². The first-order valence-electron chi connectivity index (χ1n) is 9.80. The van der Waals surface area contributed by atoms with E-state index in [1.807, 2.05) is 0 Å². The zero-order chi connectivity index (χ0) is 22.9. The maximum absolute atomic E-state index is 14.1. The van der Waals surface area contributed by atoms with Crippen LogP contribution in [-0.2, 0) is 11.0 Å². The first kappa shape index (κ1) is 22.6. The molecule has 1 aliphatic heterocycles. The molecule has 2 N–H and O–H groups in total. The van der Waals surface area contributed by atoms with Crippen LogP contribution in [0.25, 0.3) is 0 Å². The molecule has 0 radical (unpaired) electrons. The molecule has 1 fully saturated rings. The zero-order valence-electron chi connectivity index (χ0n) is 17.1. The lowest BCUT2D eigenvalue weighted by Gasteiger charge is -2.32. The van der Waals surface area contributed by atoms with Gasteiger partial charge >= 0.3 is 6.18 Å². The summed E-state index contributed by atoms with van der Waals surface area (Å²) in [5.41, 5.74) is 3.94. The monoisotopic (exact) mass is 441 g/mol. The molecule has 2 amide bonds. The highest BCUT2D eigenvalue weighted by Crippen LogP contribution is 2.32. The summed E-state index contributed by atoms with van der Waals surface area (Å²) in [6.45, 7) is 2.54. The summed E-state index contributed by atoms with van der Waals surface area (Å²) in [5.74, 6) is -3.28. The van der Waals surface area contributed by atoms with Crippen LogP contribution in [0.15, 0.2) is 24.3 Å². The van der Waals surface area contributed by atoms with E-state index in [0.717, 1.165) is 41.1 Å². The molecule has 0 bridgehead atoms. The molecule has 0 spiro atoms. The van der Waals surface area contributed by atoms with E-state index in [1.165, 1.54) is 26.1 Å². The molecule has 3 rings (SSSR count). The van der Waals surface area contributed by atoms with Crippen LogP contribution in [0, 0.1) is 5.82 Å². The van der Waals surface area contributed by atoms with Crippen LogP contribution in [0.2, 0.25) is 0 Å². The van der Waals surface area contributed by atoms with Crippen LogP contribution < -0.4 is 15.6 Å². The number of aromatic nitrogens is 2. The molecule has 1 atom stereocenters. The van der Waals surface area contributed by atoms with E-state index >= 15 is 0 Å². The Morgan fingerprint density at radius 3 is 2.35 bits per heavy atom. The Morgan fingerprint density at radius 1 is 1.16 bits per heavy atom. The molecule has 31 heavy (non-hydrogen) atoms. The summed E-state index contributed by atoms with van der Waals surface area (Å²) in [6.07, 6.45) is -2.09. The Kier molecular flexibility index (Phi) is 6.23. The zero-order valence-corrected chi connectivity index (χ0v) is 17.1. The van der Waals surface area contributed by atoms with Gasteiger partial charge in [0.1, 0.15) is 5.82 Å². The molecule has 2 heterocycles. The predicted molar refractivity (Wildman–Crippen MR) is 106 cm³/mol. The fraction of sp³-hybridized carbons (Fsp3) is 0.450. The minimum atomic E-state index is -4.67. The number of carbonyl (C=O) groups excluding carboxylic acids is 2. The van der Waals surface area contributed by atoms with Crippen LogP contribution in [0.5, 0.6) is 0 Å². The lowest BCUT2D eigenvalue weighted by atomic mass is 9.98. The minimum Gasteiger partial charge on any atom is -0.366 e. The van der Waals surface area contributed by atoms with Crippen LogP contribution in [0.3, 0.4) is 0 Å². The predicted octanol–water partition coefficient (Wildman–Crippen LogP) is 3.03. The Morgan fingerprint density at radius 2 is 1.81 bits per heavy atom. The molecule has 1 aromatic carbocycles. The lowest BCUT2D eigenvalue weighted by Crippen LogP contribution is -2.43. The standard InChI is InChI=1S/C20H23F4N5O2/c1-12(13-6-7-14(18(25)30)15(21)10-13)19(31)27(2)17-11-16(20(22,23)24)26-29(17)28-8-4-3-5-9-28/h6-7,10-12H,3-5,8-9H2,1-2H3,(H2,25,30). The Balaban J connectivity index is 1.92. The maximum atomic E-state index is 14.1. The van der Waals surface area contributed by atoms with Crippen molar-refractivity contribution in [2.75, 3.05) is 30.0 Å². The minimum absolute atomic E-state index is 0.0275. The van der Waals surface area contributed by atoms with Crippen LogP contribution in [0.4, 0.5) is 23.4 Å². The van der Waals surface area contributed by atoms with Crippen molar-refractivity contribution in [1.82, 2.24) is 9.89 Å². The van der Waals surface area contributed by atoms with Crippen molar-refractivity contribution in [2.45, 2.75) is 38.3 Å². The number of anilines is 1. The molecule has 1 aliphatic rings. The summed E-state index contributed by atoms with van der Waals surface area (Å²) in [5, 5.41) is 5.37. The van der Waals surface area contributed by atoms with Gasteiger partial charge < -0.3 is 5.73 Å². The van der Waals surface area contributed by atoms with Crippen molar-refractivity contribution in [3.05, 3.63) is 46.9 Å². The van der Waals surface area contributed by atoms with Crippen molar-refractivity contribution in [3.8, 4) is 0 Å². The number of rotatable bonds is 5. The van der Waals surface area contributed by atoms with Crippen LogP contribution in [0.1, 0.15) is 53.7 Å². The number of halogens is 4. The number of piperidine rings is 1. The van der Waals surface area contributed by atoms with E-state index in [1.54, 1.807) is 5.01 Å². The van der Waals surface area contributed by atoms with Gasteiger partial charge in [0.15, 0.2) is 11.5 Å². The van der Waals surface area contributed by atoms with Crippen molar-refractivity contribution in [1.29, 1.82) is 0 Å². The van der Waals surface area contributed by atoms with Gasteiger partial charge in [-0.2, -0.15) is 18.0 Å². The number of benzene rings is 1. The van der Waals surface area contributed by atoms with Gasteiger partial charge in [-0.05, 0) is 43.9 Å². The summed E-state index contributed by atoms with van der Waals surface area (Å²) < 4.78 is 54.0. The summed E-state index contributed by atoms with van der Waals surface area (Å²) in [4.78, 5) is 26.5. The van der Waals surface area contributed by atoms with Gasteiger partial charge in [0.05, 0.1) is 11.5 Å². The highest BCUT2D eigenvalue weighted by molar-refractivity contribution is 5.97. The molecule has 1 unspecified atom stereocenters. The maximum Gasteiger partial charge on any atom is 0.435 e. The third-order valence-corrected chi connectivity index (χ3v) is 5.37. The van der Waals surface area contributed by atoms with Gasteiger partial charge in [0.2, 0.25) is 5.91 Å². The van der Waals surface area contributed by atoms with Crippen molar-refractivity contribution < 1.29 is 27.2 Å². The summed E-state index contributed by atoms with van der Waals surface area (Å²) in [6, 6.07) is 4.43. The quantitative estimate of drug-likeness (QED) is 0.723. The van der Waals surface area contributed by atoms with E-state index in [4.69, 9.17) is 5.73 Å². The molecule has 168 valence electrons. The Hall–Kier alpha value is -3.11. The molecule has 1 saturated heterocycles. The lowest BCUT2D eigenvalue weighted by molar-refractivity contribution is -0.141.